The Labute approximate surface area is 121 Å². The largest absolute Gasteiger partial charge is 0.457 e. The summed E-state index contributed by atoms with van der Waals surface area (Å²) in [6.45, 7) is 3.16. The number of nitrogens with zero attached hydrogens (tertiary/aromatic N) is 1. The van der Waals surface area contributed by atoms with Crippen molar-refractivity contribution in [3.8, 4) is 0 Å². The van der Waals surface area contributed by atoms with Gasteiger partial charge in [0.25, 0.3) is 0 Å². The molecule has 20 heavy (non-hydrogen) atoms. The SMILES string of the molecule is O=C(CN1CCOCC1)OC1C2CC3C(=O)OC1C3S2. The Balaban J connectivity index is 1.35. The first-order valence-corrected chi connectivity index (χ1v) is 8.02. The molecule has 4 aliphatic heterocycles. The maximum absolute atomic E-state index is 12.0. The summed E-state index contributed by atoms with van der Waals surface area (Å²) in [4.78, 5) is 25.7. The molecule has 0 spiro atoms. The molecule has 4 rings (SSSR count). The van der Waals surface area contributed by atoms with Crippen molar-refractivity contribution in [2.45, 2.75) is 29.1 Å². The number of morpholine rings is 1. The van der Waals surface area contributed by atoms with E-state index in [9.17, 15) is 9.59 Å². The predicted molar refractivity (Wildman–Crippen MR) is 70.3 cm³/mol. The number of hydrogen-bond acceptors (Lipinski definition) is 7. The lowest BCUT2D eigenvalue weighted by Gasteiger charge is -2.28. The standard InChI is InChI=1S/C13H17NO5S/c15-9(6-14-1-3-17-4-2-14)18-10-8-5-7-12(20-8)11(10)19-13(7)16/h7-8,10-12H,1-6H2. The Hall–Kier alpha value is -0.790. The van der Waals surface area contributed by atoms with E-state index in [4.69, 9.17) is 14.2 Å². The van der Waals surface area contributed by atoms with Crippen molar-refractivity contribution < 1.29 is 23.8 Å². The zero-order valence-electron chi connectivity index (χ0n) is 11.0. The van der Waals surface area contributed by atoms with E-state index < -0.39 is 0 Å². The number of rotatable bonds is 3. The molecule has 0 aromatic carbocycles. The number of carbonyl (C=O) groups is 2. The first kappa shape index (κ1) is 12.9. The lowest BCUT2D eigenvalue weighted by Crippen LogP contribution is -2.44. The molecule has 5 atom stereocenters. The van der Waals surface area contributed by atoms with Crippen LogP contribution in [0.5, 0.6) is 0 Å². The van der Waals surface area contributed by atoms with Crippen molar-refractivity contribution in [1.29, 1.82) is 0 Å². The third kappa shape index (κ3) is 2.03. The fourth-order valence-electron chi connectivity index (χ4n) is 3.51. The monoisotopic (exact) mass is 299 g/mol. The maximum Gasteiger partial charge on any atom is 0.320 e. The van der Waals surface area contributed by atoms with E-state index in [0.717, 1.165) is 19.5 Å². The van der Waals surface area contributed by atoms with Crippen LogP contribution in [0.3, 0.4) is 0 Å². The summed E-state index contributed by atoms with van der Waals surface area (Å²) < 4.78 is 16.2. The lowest BCUT2D eigenvalue weighted by molar-refractivity contribution is -0.161. The van der Waals surface area contributed by atoms with Gasteiger partial charge < -0.3 is 14.2 Å². The second-order valence-corrected chi connectivity index (χ2v) is 7.15. The molecule has 2 bridgehead atoms. The zero-order valence-corrected chi connectivity index (χ0v) is 11.8. The van der Waals surface area contributed by atoms with Gasteiger partial charge in [-0.05, 0) is 6.42 Å². The zero-order chi connectivity index (χ0) is 13.7. The minimum Gasteiger partial charge on any atom is -0.457 e. The van der Waals surface area contributed by atoms with Crippen molar-refractivity contribution in [2.24, 2.45) is 5.92 Å². The van der Waals surface area contributed by atoms with Crippen molar-refractivity contribution >= 4 is 23.7 Å². The van der Waals surface area contributed by atoms with Gasteiger partial charge >= 0.3 is 11.9 Å². The molecule has 0 amide bonds. The molecular weight excluding hydrogens is 282 g/mol. The van der Waals surface area contributed by atoms with Crippen molar-refractivity contribution in [1.82, 2.24) is 4.90 Å². The average molecular weight is 299 g/mol. The molecule has 0 saturated carbocycles. The van der Waals surface area contributed by atoms with Crippen LogP contribution in [-0.4, -0.2) is 72.4 Å². The Kier molecular flexibility index (Phi) is 3.16. The van der Waals surface area contributed by atoms with Gasteiger partial charge in [-0.25, -0.2) is 0 Å². The summed E-state index contributed by atoms with van der Waals surface area (Å²) in [7, 11) is 0. The van der Waals surface area contributed by atoms with Gasteiger partial charge in [-0.1, -0.05) is 0 Å². The highest BCUT2D eigenvalue weighted by Crippen LogP contribution is 2.55. The third-order valence-corrected chi connectivity index (χ3v) is 6.23. The minimum atomic E-state index is -0.249. The van der Waals surface area contributed by atoms with E-state index in [-0.39, 0.29) is 40.6 Å². The van der Waals surface area contributed by atoms with Crippen LogP contribution in [0, 0.1) is 5.92 Å². The predicted octanol–water partition coefficient (Wildman–Crippen LogP) is -0.340. The lowest BCUT2D eigenvalue weighted by atomic mass is 9.88. The van der Waals surface area contributed by atoms with Crippen LogP contribution in [0.4, 0.5) is 0 Å². The van der Waals surface area contributed by atoms with Crippen LogP contribution >= 0.6 is 11.8 Å². The molecule has 4 aliphatic rings. The molecule has 4 heterocycles. The number of esters is 2. The quantitative estimate of drug-likeness (QED) is 0.661. The number of ether oxygens (including phenoxy) is 3. The number of fused-ring (bicyclic) bond motifs is 1. The topological polar surface area (TPSA) is 65.1 Å². The van der Waals surface area contributed by atoms with E-state index in [1.54, 1.807) is 11.8 Å². The molecule has 110 valence electrons. The van der Waals surface area contributed by atoms with Crippen molar-refractivity contribution in [3.63, 3.8) is 0 Å². The Morgan fingerprint density at radius 2 is 2.20 bits per heavy atom. The molecule has 0 aromatic heterocycles. The summed E-state index contributed by atoms with van der Waals surface area (Å²) in [6.07, 6.45) is 0.325. The van der Waals surface area contributed by atoms with Crippen LogP contribution in [0.15, 0.2) is 0 Å². The van der Waals surface area contributed by atoms with Crippen molar-refractivity contribution in [3.05, 3.63) is 0 Å². The third-order valence-electron chi connectivity index (χ3n) is 4.51. The van der Waals surface area contributed by atoms with Gasteiger partial charge in [0, 0.05) is 18.3 Å². The molecule has 7 heteroatoms. The van der Waals surface area contributed by atoms with Crippen molar-refractivity contribution in [2.75, 3.05) is 32.8 Å². The minimum absolute atomic E-state index is 0.0317. The van der Waals surface area contributed by atoms with Gasteiger partial charge in [0.1, 0.15) is 0 Å². The number of hydrogen-bond donors (Lipinski definition) is 0. The summed E-state index contributed by atoms with van der Waals surface area (Å²) in [6, 6.07) is 0. The fourth-order valence-corrected chi connectivity index (χ4v) is 5.38. The Morgan fingerprint density at radius 1 is 1.40 bits per heavy atom. The normalized spacial score (nSPS) is 42.8. The molecular formula is C13H17NO5S. The molecule has 0 aromatic rings. The molecule has 0 N–H and O–H groups in total. The smallest absolute Gasteiger partial charge is 0.320 e. The van der Waals surface area contributed by atoms with Gasteiger partial charge in [-0.15, -0.1) is 11.8 Å². The summed E-state index contributed by atoms with van der Waals surface area (Å²) in [5, 5.41) is 0.434. The molecule has 4 saturated heterocycles. The Bertz CT molecular complexity index is 438. The van der Waals surface area contributed by atoms with E-state index in [1.807, 2.05) is 4.90 Å². The van der Waals surface area contributed by atoms with Crippen LogP contribution in [-0.2, 0) is 23.8 Å². The summed E-state index contributed by atoms with van der Waals surface area (Å²) >= 11 is 1.75. The number of thioether (sulfide) groups is 1. The molecule has 5 unspecified atom stereocenters. The van der Waals surface area contributed by atoms with Crippen LogP contribution < -0.4 is 0 Å². The Morgan fingerprint density at radius 3 is 3.00 bits per heavy atom. The van der Waals surface area contributed by atoms with Gasteiger partial charge in [-0.2, -0.15) is 0 Å². The van der Waals surface area contributed by atoms with Gasteiger partial charge in [0.2, 0.25) is 0 Å². The second-order valence-electron chi connectivity index (χ2n) is 5.73. The summed E-state index contributed by atoms with van der Waals surface area (Å²) in [5.41, 5.74) is 0. The molecule has 6 nitrogen and oxygen atoms in total. The van der Waals surface area contributed by atoms with E-state index >= 15 is 0 Å². The highest BCUT2D eigenvalue weighted by Gasteiger charge is 2.64. The number of carbonyl (C=O) groups excluding carboxylic acids is 2. The highest BCUT2D eigenvalue weighted by atomic mass is 32.2. The second kappa shape index (κ2) is 4.89. The van der Waals surface area contributed by atoms with E-state index in [0.29, 0.717) is 19.8 Å². The average Bonchev–Trinajstić information content (AvgIpc) is 3.04. The molecule has 0 aliphatic carbocycles. The van der Waals surface area contributed by atoms with E-state index in [1.165, 1.54) is 0 Å². The van der Waals surface area contributed by atoms with Crippen LogP contribution in [0.2, 0.25) is 0 Å². The van der Waals surface area contributed by atoms with Crippen LogP contribution in [0.25, 0.3) is 0 Å². The van der Waals surface area contributed by atoms with Crippen LogP contribution in [0.1, 0.15) is 6.42 Å². The van der Waals surface area contributed by atoms with E-state index in [2.05, 4.69) is 0 Å². The molecule has 4 fully saturated rings. The van der Waals surface area contributed by atoms with Gasteiger partial charge in [0.05, 0.1) is 30.9 Å². The summed E-state index contributed by atoms with van der Waals surface area (Å²) in [5.74, 6) is -0.296. The first-order chi connectivity index (χ1) is 9.72. The fraction of sp³-hybridized carbons (Fsp3) is 0.846. The highest BCUT2D eigenvalue weighted by molar-refractivity contribution is 8.01. The molecule has 0 radical (unpaired) electrons. The van der Waals surface area contributed by atoms with Gasteiger partial charge in [-0.3, -0.25) is 14.5 Å². The maximum atomic E-state index is 12.0. The van der Waals surface area contributed by atoms with Gasteiger partial charge in [0.15, 0.2) is 12.2 Å². The first-order valence-electron chi connectivity index (χ1n) is 7.08.